The fourth-order valence-electron chi connectivity index (χ4n) is 1.55. The molecule has 0 radical (unpaired) electrons. The van der Waals surface area contributed by atoms with Crippen LogP contribution in [0, 0.1) is 5.41 Å². The van der Waals surface area contributed by atoms with Gasteiger partial charge in [-0.1, -0.05) is 32.6 Å². The van der Waals surface area contributed by atoms with Gasteiger partial charge in [-0.25, -0.2) is 0 Å². The molecule has 0 bridgehead atoms. The quantitative estimate of drug-likeness (QED) is 0.499. The summed E-state index contributed by atoms with van der Waals surface area (Å²) < 4.78 is 0. The highest BCUT2D eigenvalue weighted by Crippen LogP contribution is 2.30. The summed E-state index contributed by atoms with van der Waals surface area (Å²) in [6, 6.07) is 0. The molecule has 0 atom stereocenters. The van der Waals surface area contributed by atoms with Crippen LogP contribution in [-0.4, -0.2) is 18.5 Å². The molecule has 12 heavy (non-hydrogen) atoms. The number of hydrogen-bond acceptors (Lipinski definition) is 1. The van der Waals surface area contributed by atoms with Gasteiger partial charge in [0.1, 0.15) is 0 Å². The van der Waals surface area contributed by atoms with Gasteiger partial charge in [-0.15, -0.1) is 0 Å². The lowest BCUT2D eigenvalue weighted by Gasteiger charge is -2.33. The van der Waals surface area contributed by atoms with E-state index in [1.165, 1.54) is 18.5 Å². The van der Waals surface area contributed by atoms with Gasteiger partial charge in [-0.05, 0) is 12.8 Å². The molecule has 1 nitrogen and oxygen atoms in total. The van der Waals surface area contributed by atoms with E-state index in [1.54, 1.807) is 0 Å². The molecule has 1 aliphatic rings. The Morgan fingerprint density at radius 3 is 2.83 bits per heavy atom. The van der Waals surface area contributed by atoms with Gasteiger partial charge in [0, 0.05) is 24.7 Å². The fourth-order valence-corrected chi connectivity index (χ4v) is 1.55. The molecular weight excluding hydrogens is 146 g/mol. The van der Waals surface area contributed by atoms with Crippen LogP contribution in [0.2, 0.25) is 0 Å². The predicted octanol–water partition coefficient (Wildman–Crippen LogP) is 2.81. The van der Waals surface area contributed by atoms with E-state index in [1.807, 2.05) is 0 Å². The SMILES string of the molecule is C=C1N(C)CCC/C=C\C1(C)C. The molecule has 1 heteroatoms. The van der Waals surface area contributed by atoms with Crippen molar-refractivity contribution in [2.75, 3.05) is 13.6 Å². The lowest BCUT2D eigenvalue weighted by atomic mass is 9.87. The van der Waals surface area contributed by atoms with E-state index in [2.05, 4.69) is 44.5 Å². The maximum absolute atomic E-state index is 4.12. The number of nitrogens with zero attached hydrogens (tertiary/aromatic N) is 1. The molecule has 0 aromatic rings. The van der Waals surface area contributed by atoms with Crippen molar-refractivity contribution in [3.63, 3.8) is 0 Å². The molecule has 68 valence electrons. The first-order valence-electron chi connectivity index (χ1n) is 4.62. The van der Waals surface area contributed by atoms with E-state index in [0.717, 1.165) is 6.54 Å². The van der Waals surface area contributed by atoms with Crippen molar-refractivity contribution in [2.45, 2.75) is 26.7 Å². The molecule has 0 saturated heterocycles. The summed E-state index contributed by atoms with van der Waals surface area (Å²) in [5.41, 5.74) is 1.35. The molecule has 0 N–H and O–H groups in total. The monoisotopic (exact) mass is 165 g/mol. The number of allylic oxidation sites excluding steroid dienone is 2. The average molecular weight is 165 g/mol. The van der Waals surface area contributed by atoms with Crippen LogP contribution in [0.3, 0.4) is 0 Å². The summed E-state index contributed by atoms with van der Waals surface area (Å²) in [6.07, 6.45) is 6.98. The number of hydrogen-bond donors (Lipinski definition) is 0. The first-order chi connectivity index (χ1) is 5.54. The van der Waals surface area contributed by atoms with Crippen molar-refractivity contribution in [3.8, 4) is 0 Å². The third-order valence-corrected chi connectivity index (χ3v) is 2.60. The van der Waals surface area contributed by atoms with Crippen molar-refractivity contribution in [1.82, 2.24) is 4.90 Å². The van der Waals surface area contributed by atoms with Crippen LogP contribution in [-0.2, 0) is 0 Å². The molecule has 1 aliphatic heterocycles. The van der Waals surface area contributed by atoms with E-state index < -0.39 is 0 Å². The zero-order chi connectivity index (χ0) is 9.19. The highest BCUT2D eigenvalue weighted by atomic mass is 15.1. The van der Waals surface area contributed by atoms with Gasteiger partial charge >= 0.3 is 0 Å². The topological polar surface area (TPSA) is 3.24 Å². The van der Waals surface area contributed by atoms with E-state index in [-0.39, 0.29) is 5.41 Å². The van der Waals surface area contributed by atoms with Crippen molar-refractivity contribution < 1.29 is 0 Å². The normalized spacial score (nSPS) is 26.2. The summed E-state index contributed by atoms with van der Waals surface area (Å²) in [5.74, 6) is 0. The van der Waals surface area contributed by atoms with Crippen LogP contribution in [0.1, 0.15) is 26.7 Å². The molecule has 0 saturated carbocycles. The smallest absolute Gasteiger partial charge is 0.0219 e. The molecule has 1 rings (SSSR count). The van der Waals surface area contributed by atoms with Gasteiger partial charge in [0.25, 0.3) is 0 Å². The van der Waals surface area contributed by atoms with E-state index in [9.17, 15) is 0 Å². The third-order valence-electron chi connectivity index (χ3n) is 2.60. The Morgan fingerprint density at radius 2 is 2.17 bits per heavy atom. The minimum Gasteiger partial charge on any atom is -0.378 e. The standard InChI is InChI=1S/C11H19N/c1-10-11(2,3)8-6-5-7-9-12(10)4/h6,8H,1,5,7,9H2,2-4H3/b8-6-. The molecule has 0 unspecified atom stereocenters. The minimum absolute atomic E-state index is 0.134. The Hall–Kier alpha value is -0.720. The van der Waals surface area contributed by atoms with Crippen LogP contribution in [0.15, 0.2) is 24.4 Å². The summed E-state index contributed by atoms with van der Waals surface area (Å²) >= 11 is 0. The van der Waals surface area contributed by atoms with Crippen LogP contribution in [0.25, 0.3) is 0 Å². The van der Waals surface area contributed by atoms with Crippen LogP contribution >= 0.6 is 0 Å². The van der Waals surface area contributed by atoms with E-state index in [0.29, 0.717) is 0 Å². The molecule has 0 spiro atoms. The Morgan fingerprint density at radius 1 is 1.50 bits per heavy atom. The summed E-state index contributed by atoms with van der Waals surface area (Å²) in [6.45, 7) is 9.69. The summed E-state index contributed by atoms with van der Waals surface area (Å²) in [7, 11) is 2.13. The molecule has 0 aliphatic carbocycles. The molecular formula is C11H19N. The second kappa shape index (κ2) is 3.34. The summed E-state index contributed by atoms with van der Waals surface area (Å²) in [5, 5.41) is 0. The van der Waals surface area contributed by atoms with Crippen molar-refractivity contribution >= 4 is 0 Å². The zero-order valence-electron chi connectivity index (χ0n) is 8.43. The van der Waals surface area contributed by atoms with Crippen molar-refractivity contribution in [2.24, 2.45) is 5.41 Å². The van der Waals surface area contributed by atoms with E-state index >= 15 is 0 Å². The first kappa shape index (κ1) is 9.37. The maximum Gasteiger partial charge on any atom is 0.0219 e. The average Bonchev–Trinajstić information content (AvgIpc) is 2.00. The highest BCUT2D eigenvalue weighted by Gasteiger charge is 2.21. The maximum atomic E-state index is 4.12. The Bertz CT molecular complexity index is 201. The van der Waals surface area contributed by atoms with Gasteiger partial charge in [-0.3, -0.25) is 0 Å². The zero-order valence-corrected chi connectivity index (χ0v) is 8.43. The van der Waals surface area contributed by atoms with Gasteiger partial charge in [0.2, 0.25) is 0 Å². The van der Waals surface area contributed by atoms with E-state index in [4.69, 9.17) is 0 Å². The molecule has 0 aromatic carbocycles. The Kier molecular flexibility index (Phi) is 2.61. The minimum atomic E-state index is 0.134. The molecule has 1 heterocycles. The van der Waals surface area contributed by atoms with Gasteiger partial charge in [0.15, 0.2) is 0 Å². The lowest BCUT2D eigenvalue weighted by Crippen LogP contribution is -2.28. The second-order valence-corrected chi connectivity index (χ2v) is 4.13. The lowest BCUT2D eigenvalue weighted by molar-refractivity contribution is 0.325. The van der Waals surface area contributed by atoms with Gasteiger partial charge < -0.3 is 4.90 Å². The highest BCUT2D eigenvalue weighted by molar-refractivity contribution is 5.16. The van der Waals surface area contributed by atoms with Crippen molar-refractivity contribution in [3.05, 3.63) is 24.4 Å². The van der Waals surface area contributed by atoms with Gasteiger partial charge in [0.05, 0.1) is 0 Å². The number of rotatable bonds is 0. The van der Waals surface area contributed by atoms with Crippen LogP contribution in [0.4, 0.5) is 0 Å². The van der Waals surface area contributed by atoms with Crippen LogP contribution < -0.4 is 0 Å². The fraction of sp³-hybridized carbons (Fsp3) is 0.636. The Labute approximate surface area is 75.8 Å². The largest absolute Gasteiger partial charge is 0.378 e. The molecule has 0 fully saturated rings. The van der Waals surface area contributed by atoms with Crippen molar-refractivity contribution in [1.29, 1.82) is 0 Å². The summed E-state index contributed by atoms with van der Waals surface area (Å²) in [4.78, 5) is 2.27. The molecule has 0 aromatic heterocycles. The first-order valence-corrected chi connectivity index (χ1v) is 4.62. The molecule has 0 amide bonds. The van der Waals surface area contributed by atoms with Gasteiger partial charge in [-0.2, -0.15) is 0 Å². The second-order valence-electron chi connectivity index (χ2n) is 4.13. The Balaban J connectivity index is 2.83. The predicted molar refractivity (Wildman–Crippen MR) is 53.9 cm³/mol. The van der Waals surface area contributed by atoms with Crippen LogP contribution in [0.5, 0.6) is 0 Å². The third kappa shape index (κ3) is 1.90.